The van der Waals surface area contributed by atoms with Crippen molar-refractivity contribution in [2.45, 2.75) is 6.54 Å². The maximum atomic E-state index is 11.5. The molecule has 0 aliphatic rings. The normalized spacial score (nSPS) is 11.1. The summed E-state index contributed by atoms with van der Waals surface area (Å²) < 4.78 is 7.79. The number of carbonyl (C=O) groups excluding carboxylic acids is 1. The summed E-state index contributed by atoms with van der Waals surface area (Å²) in [4.78, 5) is 25.8. The summed E-state index contributed by atoms with van der Waals surface area (Å²) in [5.74, 6) is 0.589. The Hall–Kier alpha value is -3.98. The lowest BCUT2D eigenvalue weighted by molar-refractivity contribution is -0.111. The predicted octanol–water partition coefficient (Wildman–Crippen LogP) is 3.30. The summed E-state index contributed by atoms with van der Waals surface area (Å²) in [6.45, 7) is 5.15. The third-order valence-electron chi connectivity index (χ3n) is 4.59. The highest BCUT2D eigenvalue weighted by Crippen LogP contribution is 2.29. The van der Waals surface area contributed by atoms with Crippen LogP contribution in [0.5, 0.6) is 11.6 Å². The number of anilines is 1. The third kappa shape index (κ3) is 4.78. The molecule has 3 heterocycles. The molecule has 1 amide bonds. The summed E-state index contributed by atoms with van der Waals surface area (Å²) in [5, 5.41) is 7.14. The Labute approximate surface area is 179 Å². The predicted molar refractivity (Wildman–Crippen MR) is 119 cm³/mol. The average molecular weight is 417 g/mol. The van der Waals surface area contributed by atoms with E-state index in [2.05, 4.69) is 36.8 Å². The van der Waals surface area contributed by atoms with Gasteiger partial charge in [-0.1, -0.05) is 12.6 Å². The average Bonchev–Trinajstić information content (AvgIpc) is 3.39. The minimum atomic E-state index is -0.290. The van der Waals surface area contributed by atoms with Gasteiger partial charge in [0.25, 0.3) is 0 Å². The number of nitrogens with one attached hydrogen (secondary N) is 2. The number of hydrogen-bond donors (Lipinski definition) is 2. The van der Waals surface area contributed by atoms with Crippen molar-refractivity contribution in [2.24, 2.45) is 0 Å². The molecular formula is C22H23N7O2. The van der Waals surface area contributed by atoms with Gasteiger partial charge in [0.1, 0.15) is 11.3 Å². The standard InChI is InChI=1S/C22H23N7O2/c1-4-19(30)26-16-6-5-7-17(10-16)31-20-13-24-22-21(27-20)18(12-23-22)15-11-25-29(14-15)9-8-28(2)3/h4-7,10-14H,1,8-9H2,2-3H3,(H,23,24)(H,26,30). The van der Waals surface area contributed by atoms with Gasteiger partial charge in [0.2, 0.25) is 11.8 Å². The molecule has 0 saturated carbocycles. The zero-order valence-electron chi connectivity index (χ0n) is 17.4. The van der Waals surface area contributed by atoms with E-state index in [4.69, 9.17) is 4.74 Å². The van der Waals surface area contributed by atoms with Crippen LogP contribution in [0, 0.1) is 0 Å². The van der Waals surface area contributed by atoms with Crippen molar-refractivity contribution in [3.63, 3.8) is 0 Å². The fourth-order valence-electron chi connectivity index (χ4n) is 3.02. The number of carbonyl (C=O) groups is 1. The van der Waals surface area contributed by atoms with Gasteiger partial charge in [-0.05, 0) is 32.3 Å². The molecule has 9 nitrogen and oxygen atoms in total. The van der Waals surface area contributed by atoms with Crippen LogP contribution >= 0.6 is 0 Å². The van der Waals surface area contributed by atoms with E-state index in [9.17, 15) is 4.79 Å². The number of fused-ring (bicyclic) bond motifs is 1. The Balaban J connectivity index is 1.57. The van der Waals surface area contributed by atoms with Crippen molar-refractivity contribution < 1.29 is 9.53 Å². The highest BCUT2D eigenvalue weighted by atomic mass is 16.5. The van der Waals surface area contributed by atoms with Gasteiger partial charge in [0.15, 0.2) is 5.65 Å². The van der Waals surface area contributed by atoms with E-state index in [-0.39, 0.29) is 5.91 Å². The van der Waals surface area contributed by atoms with E-state index in [1.54, 1.807) is 30.5 Å². The van der Waals surface area contributed by atoms with Gasteiger partial charge in [-0.25, -0.2) is 9.97 Å². The molecular weight excluding hydrogens is 394 g/mol. The van der Waals surface area contributed by atoms with Crippen LogP contribution in [0.25, 0.3) is 22.3 Å². The minimum absolute atomic E-state index is 0.290. The Kier molecular flexibility index (Phi) is 5.76. The molecule has 3 aromatic heterocycles. The molecule has 0 saturated heterocycles. The second kappa shape index (κ2) is 8.80. The smallest absolute Gasteiger partial charge is 0.247 e. The largest absolute Gasteiger partial charge is 0.437 e. The zero-order valence-corrected chi connectivity index (χ0v) is 17.4. The van der Waals surface area contributed by atoms with Crippen LogP contribution in [0.4, 0.5) is 5.69 Å². The first kappa shape index (κ1) is 20.3. The van der Waals surface area contributed by atoms with Gasteiger partial charge in [0.05, 0.1) is 18.9 Å². The van der Waals surface area contributed by atoms with Gasteiger partial charge >= 0.3 is 0 Å². The lowest BCUT2D eigenvalue weighted by atomic mass is 10.2. The van der Waals surface area contributed by atoms with Crippen LogP contribution in [0.2, 0.25) is 0 Å². The molecule has 4 rings (SSSR count). The molecule has 0 aliphatic heterocycles. The molecule has 0 fully saturated rings. The summed E-state index contributed by atoms with van der Waals surface area (Å²) in [6.07, 6.45) is 8.45. The highest BCUT2D eigenvalue weighted by Gasteiger charge is 2.13. The molecule has 0 atom stereocenters. The SMILES string of the molecule is C=CC(=O)Nc1cccc(Oc2cnc3[nH]cc(-c4cnn(CCN(C)C)c4)c3n2)c1. The van der Waals surface area contributed by atoms with Gasteiger partial charge in [-0.15, -0.1) is 0 Å². The topological polar surface area (TPSA) is 101 Å². The van der Waals surface area contributed by atoms with E-state index in [1.807, 2.05) is 37.4 Å². The molecule has 0 spiro atoms. The first-order valence-electron chi connectivity index (χ1n) is 9.75. The summed E-state index contributed by atoms with van der Waals surface area (Å²) in [5.41, 5.74) is 3.81. The maximum absolute atomic E-state index is 11.5. The lowest BCUT2D eigenvalue weighted by Crippen LogP contribution is -2.18. The van der Waals surface area contributed by atoms with Crippen molar-refractivity contribution in [2.75, 3.05) is 26.0 Å². The molecule has 1 aromatic carbocycles. The Morgan fingerprint density at radius 2 is 2.23 bits per heavy atom. The van der Waals surface area contributed by atoms with Crippen LogP contribution in [0.3, 0.4) is 0 Å². The molecule has 0 bridgehead atoms. The number of ether oxygens (including phenoxy) is 1. The minimum Gasteiger partial charge on any atom is -0.437 e. The van der Waals surface area contributed by atoms with Crippen LogP contribution < -0.4 is 10.1 Å². The van der Waals surface area contributed by atoms with Crippen LogP contribution in [0.1, 0.15) is 0 Å². The number of rotatable bonds is 8. The quantitative estimate of drug-likeness (QED) is 0.427. The number of likely N-dealkylation sites (N-methyl/N-ethyl adjacent to an activating group) is 1. The Morgan fingerprint density at radius 3 is 3.03 bits per heavy atom. The maximum Gasteiger partial charge on any atom is 0.247 e. The molecule has 4 aromatic rings. The second-order valence-corrected chi connectivity index (χ2v) is 7.23. The first-order valence-corrected chi connectivity index (χ1v) is 9.75. The Bertz CT molecular complexity index is 1230. The number of hydrogen-bond acceptors (Lipinski definition) is 6. The summed E-state index contributed by atoms with van der Waals surface area (Å²) >= 11 is 0. The fourth-order valence-corrected chi connectivity index (χ4v) is 3.02. The van der Waals surface area contributed by atoms with E-state index in [1.165, 1.54) is 6.08 Å². The number of aromatic nitrogens is 5. The number of benzene rings is 1. The molecule has 2 N–H and O–H groups in total. The molecule has 158 valence electrons. The number of aromatic amines is 1. The van der Waals surface area contributed by atoms with Crippen molar-refractivity contribution in [3.8, 4) is 22.8 Å². The van der Waals surface area contributed by atoms with E-state index in [0.717, 1.165) is 24.2 Å². The van der Waals surface area contributed by atoms with Crippen molar-refractivity contribution >= 4 is 22.8 Å². The molecule has 0 unspecified atom stereocenters. The second-order valence-electron chi connectivity index (χ2n) is 7.23. The van der Waals surface area contributed by atoms with Crippen molar-refractivity contribution in [3.05, 3.63) is 61.7 Å². The van der Waals surface area contributed by atoms with Gasteiger partial charge in [0, 0.05) is 41.8 Å². The van der Waals surface area contributed by atoms with E-state index in [0.29, 0.717) is 28.5 Å². The number of amides is 1. The van der Waals surface area contributed by atoms with Crippen molar-refractivity contribution in [1.82, 2.24) is 29.6 Å². The van der Waals surface area contributed by atoms with Gasteiger partial charge in [-0.3, -0.25) is 9.48 Å². The van der Waals surface area contributed by atoms with Crippen LogP contribution in [-0.2, 0) is 11.3 Å². The fraction of sp³-hybridized carbons (Fsp3) is 0.182. The third-order valence-corrected chi connectivity index (χ3v) is 4.59. The van der Waals surface area contributed by atoms with Crippen LogP contribution in [-0.4, -0.2) is 56.2 Å². The number of nitrogens with zero attached hydrogens (tertiary/aromatic N) is 5. The van der Waals surface area contributed by atoms with Gasteiger partial charge < -0.3 is 19.9 Å². The van der Waals surface area contributed by atoms with Gasteiger partial charge in [-0.2, -0.15) is 5.10 Å². The molecule has 31 heavy (non-hydrogen) atoms. The molecule has 9 heteroatoms. The highest BCUT2D eigenvalue weighted by molar-refractivity contribution is 5.99. The summed E-state index contributed by atoms with van der Waals surface area (Å²) in [7, 11) is 4.06. The lowest BCUT2D eigenvalue weighted by Gasteiger charge is -2.08. The first-order chi connectivity index (χ1) is 15.0. The Morgan fingerprint density at radius 1 is 1.35 bits per heavy atom. The van der Waals surface area contributed by atoms with E-state index >= 15 is 0 Å². The van der Waals surface area contributed by atoms with Crippen molar-refractivity contribution in [1.29, 1.82) is 0 Å². The monoisotopic (exact) mass is 417 g/mol. The van der Waals surface area contributed by atoms with Crippen LogP contribution in [0.15, 0.2) is 61.7 Å². The zero-order chi connectivity index (χ0) is 21.8. The summed E-state index contributed by atoms with van der Waals surface area (Å²) in [6, 6.07) is 7.04. The molecule has 0 radical (unpaired) electrons. The molecule has 0 aliphatic carbocycles. The number of H-pyrrole nitrogens is 1. The van der Waals surface area contributed by atoms with E-state index < -0.39 is 0 Å².